The summed E-state index contributed by atoms with van der Waals surface area (Å²) in [4.78, 5) is 16.1. The summed E-state index contributed by atoms with van der Waals surface area (Å²) in [5, 5.41) is 20.5. The van der Waals surface area contributed by atoms with Crippen LogP contribution in [-0.2, 0) is 0 Å². The largest absolute Gasteiger partial charge is 0.389 e. The Labute approximate surface area is 114 Å². The molecular formula is C11H16BrN3O3. The summed E-state index contributed by atoms with van der Waals surface area (Å²) < 4.78 is 0.573. The predicted octanol–water partition coefficient (Wildman–Crippen LogP) is 2.27. The Kier molecular flexibility index (Phi) is 4.28. The first-order valence-corrected chi connectivity index (χ1v) is 6.16. The lowest BCUT2D eigenvalue weighted by Crippen LogP contribution is -2.36. The van der Waals surface area contributed by atoms with E-state index >= 15 is 0 Å². The van der Waals surface area contributed by atoms with Crippen LogP contribution in [0.5, 0.6) is 0 Å². The molecule has 0 atom stereocenters. The minimum absolute atomic E-state index is 0.0257. The molecule has 0 aliphatic heterocycles. The summed E-state index contributed by atoms with van der Waals surface area (Å²) in [6.07, 6.45) is 1.23. The van der Waals surface area contributed by atoms with E-state index in [1.807, 2.05) is 0 Å². The molecule has 0 aliphatic carbocycles. The maximum atomic E-state index is 10.8. The first kappa shape index (κ1) is 14.8. The number of hydrogen-bond acceptors (Lipinski definition) is 5. The molecule has 0 radical (unpaired) electrons. The standard InChI is InChI=1S/C11H16BrN3O3/c1-7-8(15(17)18)5-13-10(9(7)12)14(4)6-11(2,3)16/h5,16H,6H2,1-4H3. The molecule has 0 bridgehead atoms. The fourth-order valence-corrected chi connectivity index (χ4v) is 2.27. The van der Waals surface area contributed by atoms with Gasteiger partial charge in [0, 0.05) is 19.2 Å². The van der Waals surface area contributed by atoms with Crippen LogP contribution in [0.2, 0.25) is 0 Å². The second kappa shape index (κ2) is 5.19. The lowest BCUT2D eigenvalue weighted by atomic mass is 10.1. The lowest BCUT2D eigenvalue weighted by Gasteiger charge is -2.27. The summed E-state index contributed by atoms with van der Waals surface area (Å²) in [5.74, 6) is 0.570. The number of nitrogens with zero attached hydrogens (tertiary/aromatic N) is 3. The van der Waals surface area contributed by atoms with E-state index in [-0.39, 0.29) is 5.69 Å². The quantitative estimate of drug-likeness (QED) is 0.680. The van der Waals surface area contributed by atoms with Crippen molar-refractivity contribution >= 4 is 27.4 Å². The highest BCUT2D eigenvalue weighted by atomic mass is 79.9. The van der Waals surface area contributed by atoms with E-state index in [4.69, 9.17) is 0 Å². The average molecular weight is 318 g/mol. The third-order valence-corrected chi connectivity index (χ3v) is 3.35. The van der Waals surface area contributed by atoms with Gasteiger partial charge in [-0.2, -0.15) is 0 Å². The zero-order chi connectivity index (χ0) is 14.1. The highest BCUT2D eigenvalue weighted by molar-refractivity contribution is 9.10. The van der Waals surface area contributed by atoms with E-state index < -0.39 is 10.5 Å². The molecule has 0 fully saturated rings. The molecule has 1 heterocycles. The number of nitro groups is 1. The molecule has 100 valence electrons. The van der Waals surface area contributed by atoms with Crippen molar-refractivity contribution in [2.45, 2.75) is 26.4 Å². The molecule has 0 saturated carbocycles. The molecule has 18 heavy (non-hydrogen) atoms. The zero-order valence-electron chi connectivity index (χ0n) is 10.8. The number of hydrogen-bond donors (Lipinski definition) is 1. The van der Waals surface area contributed by atoms with Crippen LogP contribution in [-0.4, -0.2) is 34.2 Å². The van der Waals surface area contributed by atoms with Crippen molar-refractivity contribution in [2.24, 2.45) is 0 Å². The third kappa shape index (κ3) is 3.39. The monoisotopic (exact) mass is 317 g/mol. The van der Waals surface area contributed by atoms with Crippen molar-refractivity contribution in [3.05, 3.63) is 26.3 Å². The first-order valence-electron chi connectivity index (χ1n) is 5.36. The van der Waals surface area contributed by atoms with E-state index in [9.17, 15) is 15.2 Å². The number of halogens is 1. The van der Waals surface area contributed by atoms with Gasteiger partial charge in [0.25, 0.3) is 5.69 Å². The molecule has 1 N–H and O–H groups in total. The van der Waals surface area contributed by atoms with Crippen molar-refractivity contribution in [1.82, 2.24) is 4.98 Å². The van der Waals surface area contributed by atoms with Gasteiger partial charge in [-0.15, -0.1) is 0 Å². The Hall–Kier alpha value is -1.21. The van der Waals surface area contributed by atoms with Gasteiger partial charge in [-0.1, -0.05) is 0 Å². The number of anilines is 1. The molecule has 0 unspecified atom stereocenters. The van der Waals surface area contributed by atoms with E-state index in [0.29, 0.717) is 22.4 Å². The van der Waals surface area contributed by atoms with Crippen LogP contribution in [0.1, 0.15) is 19.4 Å². The Balaban J connectivity index is 3.13. The summed E-state index contributed by atoms with van der Waals surface area (Å²) in [5.41, 5.74) is -0.374. The van der Waals surface area contributed by atoms with E-state index in [1.165, 1.54) is 6.20 Å². The summed E-state index contributed by atoms with van der Waals surface area (Å²) >= 11 is 3.32. The second-order valence-electron chi connectivity index (χ2n) is 4.83. The normalized spacial score (nSPS) is 11.4. The molecule has 1 aromatic heterocycles. The van der Waals surface area contributed by atoms with Gasteiger partial charge >= 0.3 is 0 Å². The van der Waals surface area contributed by atoms with E-state index in [2.05, 4.69) is 20.9 Å². The minimum atomic E-state index is -0.869. The maximum absolute atomic E-state index is 10.8. The molecule has 0 aromatic carbocycles. The van der Waals surface area contributed by atoms with Crippen molar-refractivity contribution in [1.29, 1.82) is 0 Å². The highest BCUT2D eigenvalue weighted by Crippen LogP contribution is 2.32. The van der Waals surface area contributed by atoms with Gasteiger partial charge in [-0.05, 0) is 36.7 Å². The van der Waals surface area contributed by atoms with E-state index in [0.717, 1.165) is 0 Å². The van der Waals surface area contributed by atoms with Crippen LogP contribution < -0.4 is 4.90 Å². The van der Waals surface area contributed by atoms with Gasteiger partial charge < -0.3 is 10.0 Å². The molecule has 1 aromatic rings. The average Bonchev–Trinajstić information content (AvgIpc) is 2.18. The summed E-state index contributed by atoms with van der Waals surface area (Å²) in [7, 11) is 1.77. The molecule has 0 aliphatic rings. The van der Waals surface area contributed by atoms with Gasteiger partial charge in [0.05, 0.1) is 15.0 Å². The molecular weight excluding hydrogens is 302 g/mol. The van der Waals surface area contributed by atoms with Crippen molar-refractivity contribution in [2.75, 3.05) is 18.5 Å². The zero-order valence-corrected chi connectivity index (χ0v) is 12.4. The van der Waals surface area contributed by atoms with Crippen LogP contribution in [0.4, 0.5) is 11.5 Å². The van der Waals surface area contributed by atoms with Crippen molar-refractivity contribution < 1.29 is 10.0 Å². The SMILES string of the molecule is Cc1c([N+](=O)[O-])cnc(N(C)CC(C)(C)O)c1Br. The summed E-state index contributed by atoms with van der Waals surface area (Å²) in [6, 6.07) is 0. The van der Waals surface area contributed by atoms with Crippen LogP contribution >= 0.6 is 15.9 Å². The fourth-order valence-electron chi connectivity index (χ4n) is 1.66. The van der Waals surface area contributed by atoms with Crippen molar-refractivity contribution in [3.63, 3.8) is 0 Å². The highest BCUT2D eigenvalue weighted by Gasteiger charge is 2.22. The number of aromatic nitrogens is 1. The van der Waals surface area contributed by atoms with Crippen LogP contribution in [0, 0.1) is 17.0 Å². The Morgan fingerprint density at radius 1 is 1.61 bits per heavy atom. The van der Waals surface area contributed by atoms with Gasteiger partial charge in [0.15, 0.2) is 0 Å². The van der Waals surface area contributed by atoms with Gasteiger partial charge in [0.1, 0.15) is 12.0 Å². The van der Waals surface area contributed by atoms with Gasteiger partial charge in [0.2, 0.25) is 0 Å². The minimum Gasteiger partial charge on any atom is -0.389 e. The molecule has 7 heteroatoms. The Morgan fingerprint density at radius 2 is 2.17 bits per heavy atom. The summed E-state index contributed by atoms with van der Waals surface area (Å²) in [6.45, 7) is 5.41. The van der Waals surface area contributed by atoms with E-state index in [1.54, 1.807) is 32.7 Å². The number of rotatable bonds is 4. The van der Waals surface area contributed by atoms with Crippen LogP contribution in [0.3, 0.4) is 0 Å². The smallest absolute Gasteiger partial charge is 0.291 e. The molecule has 6 nitrogen and oxygen atoms in total. The maximum Gasteiger partial charge on any atom is 0.291 e. The van der Waals surface area contributed by atoms with Gasteiger partial charge in [-0.25, -0.2) is 4.98 Å². The number of likely N-dealkylation sites (N-methyl/N-ethyl adjacent to an activating group) is 1. The number of pyridine rings is 1. The predicted molar refractivity (Wildman–Crippen MR) is 72.9 cm³/mol. The molecule has 0 saturated heterocycles. The van der Waals surface area contributed by atoms with Crippen LogP contribution in [0.15, 0.2) is 10.7 Å². The fraction of sp³-hybridized carbons (Fsp3) is 0.545. The van der Waals surface area contributed by atoms with Gasteiger partial charge in [-0.3, -0.25) is 10.1 Å². The lowest BCUT2D eigenvalue weighted by molar-refractivity contribution is -0.385. The molecule has 0 spiro atoms. The molecule has 0 amide bonds. The van der Waals surface area contributed by atoms with Crippen molar-refractivity contribution in [3.8, 4) is 0 Å². The Morgan fingerprint density at radius 3 is 2.61 bits per heavy atom. The van der Waals surface area contributed by atoms with Crippen LogP contribution in [0.25, 0.3) is 0 Å². The molecule has 1 rings (SSSR count). The number of aliphatic hydroxyl groups is 1. The topological polar surface area (TPSA) is 79.5 Å². The second-order valence-corrected chi connectivity index (χ2v) is 5.62. The Bertz CT molecular complexity index is 471. The third-order valence-electron chi connectivity index (χ3n) is 2.40. The first-order chi connectivity index (χ1) is 8.13.